The zero-order valence-corrected chi connectivity index (χ0v) is 15.7. The van der Waals surface area contributed by atoms with Crippen LogP contribution in [0, 0.1) is 0 Å². The summed E-state index contributed by atoms with van der Waals surface area (Å²) in [6.07, 6.45) is 3.07. The highest BCUT2D eigenvalue weighted by Crippen LogP contribution is 2.32. The molecule has 1 aromatic carbocycles. The smallest absolute Gasteiger partial charge is 0.325 e. The summed E-state index contributed by atoms with van der Waals surface area (Å²) in [5.74, 6) is -1.24. The van der Waals surface area contributed by atoms with Crippen LogP contribution in [0.15, 0.2) is 18.2 Å². The molecule has 2 aliphatic rings. The Morgan fingerprint density at radius 3 is 2.63 bits per heavy atom. The first-order chi connectivity index (χ1) is 12.7. The van der Waals surface area contributed by atoms with Gasteiger partial charge >= 0.3 is 12.1 Å². The molecule has 1 fully saturated rings. The topological polar surface area (TPSA) is 108 Å². The van der Waals surface area contributed by atoms with Crippen LogP contribution in [0.3, 0.4) is 0 Å². The number of aryl methyl sites for hydroxylation is 2. The molecular formula is C19H24N4O4. The SMILES string of the molecule is CC(C)NC(=O)NC(=O)CN1C(=O)N[C@@](C)(c2ccc3c(c2)CCC3)C1=O. The molecule has 0 saturated carbocycles. The molecule has 144 valence electrons. The second-order valence-electron chi connectivity index (χ2n) is 7.46. The molecule has 1 atom stereocenters. The fourth-order valence-corrected chi connectivity index (χ4v) is 3.53. The van der Waals surface area contributed by atoms with Crippen molar-refractivity contribution in [1.82, 2.24) is 20.9 Å². The van der Waals surface area contributed by atoms with Crippen LogP contribution in [-0.4, -0.2) is 41.4 Å². The van der Waals surface area contributed by atoms with E-state index in [4.69, 9.17) is 0 Å². The lowest BCUT2D eigenvalue weighted by Crippen LogP contribution is -2.48. The van der Waals surface area contributed by atoms with Gasteiger partial charge in [0.1, 0.15) is 12.1 Å². The molecule has 27 heavy (non-hydrogen) atoms. The van der Waals surface area contributed by atoms with Gasteiger partial charge in [-0.15, -0.1) is 0 Å². The van der Waals surface area contributed by atoms with Gasteiger partial charge in [-0.05, 0) is 56.7 Å². The first-order valence-corrected chi connectivity index (χ1v) is 9.07. The van der Waals surface area contributed by atoms with Gasteiger partial charge in [0.25, 0.3) is 5.91 Å². The molecule has 0 unspecified atom stereocenters. The first kappa shape index (κ1) is 18.9. The highest BCUT2D eigenvalue weighted by atomic mass is 16.2. The van der Waals surface area contributed by atoms with Gasteiger partial charge in [-0.2, -0.15) is 0 Å². The van der Waals surface area contributed by atoms with Gasteiger partial charge in [-0.25, -0.2) is 9.59 Å². The van der Waals surface area contributed by atoms with E-state index < -0.39 is 36.0 Å². The van der Waals surface area contributed by atoms with Crippen LogP contribution in [0.25, 0.3) is 0 Å². The number of amides is 6. The van der Waals surface area contributed by atoms with Crippen molar-refractivity contribution in [2.75, 3.05) is 6.54 Å². The summed E-state index contributed by atoms with van der Waals surface area (Å²) in [5, 5.41) is 7.31. The van der Waals surface area contributed by atoms with E-state index in [0.29, 0.717) is 5.56 Å². The zero-order valence-electron chi connectivity index (χ0n) is 15.7. The lowest BCUT2D eigenvalue weighted by molar-refractivity contribution is -0.134. The summed E-state index contributed by atoms with van der Waals surface area (Å²) in [6, 6.07) is 4.35. The number of carbonyl (C=O) groups excluding carboxylic acids is 4. The standard InChI is InChI=1S/C19H24N4O4/c1-11(2)20-17(26)21-15(24)10-23-16(25)19(3,22-18(23)27)14-8-7-12-5-4-6-13(12)9-14/h7-9,11H,4-6,10H2,1-3H3,(H,22,27)(H2,20,21,24,26)/t19-/m0/s1. The van der Waals surface area contributed by atoms with E-state index in [0.717, 1.165) is 24.2 Å². The van der Waals surface area contributed by atoms with Crippen LogP contribution in [0.1, 0.15) is 43.9 Å². The van der Waals surface area contributed by atoms with Gasteiger partial charge in [-0.3, -0.25) is 19.8 Å². The van der Waals surface area contributed by atoms with E-state index in [1.165, 1.54) is 11.1 Å². The van der Waals surface area contributed by atoms with Crippen molar-refractivity contribution >= 4 is 23.9 Å². The first-order valence-electron chi connectivity index (χ1n) is 9.07. The number of benzene rings is 1. The quantitative estimate of drug-likeness (QED) is 0.690. The lowest BCUT2D eigenvalue weighted by atomic mass is 9.89. The summed E-state index contributed by atoms with van der Waals surface area (Å²) < 4.78 is 0. The monoisotopic (exact) mass is 372 g/mol. The number of nitrogens with one attached hydrogen (secondary N) is 3. The Morgan fingerprint density at radius 1 is 1.22 bits per heavy atom. The van der Waals surface area contributed by atoms with Gasteiger partial charge in [0, 0.05) is 6.04 Å². The van der Waals surface area contributed by atoms with Gasteiger partial charge in [0.2, 0.25) is 5.91 Å². The second kappa shape index (κ2) is 7.02. The summed E-state index contributed by atoms with van der Waals surface area (Å²) in [7, 11) is 0. The van der Waals surface area contributed by atoms with Crippen molar-refractivity contribution in [3.8, 4) is 0 Å². The van der Waals surface area contributed by atoms with Gasteiger partial charge in [0.05, 0.1) is 0 Å². The van der Waals surface area contributed by atoms with Crippen LogP contribution in [-0.2, 0) is 28.0 Å². The summed E-state index contributed by atoms with van der Waals surface area (Å²) >= 11 is 0. The molecule has 0 radical (unpaired) electrons. The maximum atomic E-state index is 12.9. The van der Waals surface area contributed by atoms with E-state index in [2.05, 4.69) is 16.0 Å². The third-order valence-corrected chi connectivity index (χ3v) is 4.93. The zero-order chi connectivity index (χ0) is 19.8. The summed E-state index contributed by atoms with van der Waals surface area (Å²) in [6.45, 7) is 4.62. The van der Waals surface area contributed by atoms with Gasteiger partial charge in [-0.1, -0.05) is 18.2 Å². The van der Waals surface area contributed by atoms with Crippen LogP contribution in [0.2, 0.25) is 0 Å². The minimum atomic E-state index is -1.23. The van der Waals surface area contributed by atoms with Gasteiger partial charge < -0.3 is 10.6 Å². The molecule has 1 saturated heterocycles. The molecule has 8 heteroatoms. The van der Waals surface area contributed by atoms with Crippen molar-refractivity contribution in [3.63, 3.8) is 0 Å². The Kier molecular flexibility index (Phi) is 4.91. The van der Waals surface area contributed by atoms with E-state index in [-0.39, 0.29) is 6.04 Å². The number of carbonyl (C=O) groups is 4. The Labute approximate surface area is 157 Å². The van der Waals surface area contributed by atoms with Crippen LogP contribution >= 0.6 is 0 Å². The number of hydrogen-bond acceptors (Lipinski definition) is 4. The Morgan fingerprint density at radius 2 is 1.93 bits per heavy atom. The molecule has 3 rings (SSSR count). The minimum absolute atomic E-state index is 0.141. The molecule has 6 amide bonds. The van der Waals surface area contributed by atoms with E-state index in [1.54, 1.807) is 20.8 Å². The normalized spacial score (nSPS) is 21.3. The number of rotatable bonds is 4. The summed E-state index contributed by atoms with van der Waals surface area (Å²) in [4.78, 5) is 49.7. The predicted molar refractivity (Wildman–Crippen MR) is 97.9 cm³/mol. The molecule has 1 aliphatic heterocycles. The molecular weight excluding hydrogens is 348 g/mol. The molecule has 0 aromatic heterocycles. The van der Waals surface area contributed by atoms with Gasteiger partial charge in [0.15, 0.2) is 0 Å². The van der Waals surface area contributed by atoms with Crippen molar-refractivity contribution in [2.45, 2.75) is 51.6 Å². The van der Waals surface area contributed by atoms with Crippen molar-refractivity contribution in [2.24, 2.45) is 0 Å². The molecule has 0 spiro atoms. The number of imide groups is 2. The average Bonchev–Trinajstić information content (AvgIpc) is 3.12. The second-order valence-corrected chi connectivity index (χ2v) is 7.46. The highest BCUT2D eigenvalue weighted by Gasteiger charge is 2.49. The van der Waals surface area contributed by atoms with E-state index >= 15 is 0 Å². The maximum absolute atomic E-state index is 12.9. The minimum Gasteiger partial charge on any atom is -0.336 e. The summed E-state index contributed by atoms with van der Waals surface area (Å²) in [5.41, 5.74) is 1.93. The lowest BCUT2D eigenvalue weighted by Gasteiger charge is -2.23. The van der Waals surface area contributed by atoms with Crippen molar-refractivity contribution in [1.29, 1.82) is 0 Å². The Balaban J connectivity index is 1.73. The molecule has 1 aromatic rings. The predicted octanol–water partition coefficient (Wildman–Crippen LogP) is 1.18. The highest BCUT2D eigenvalue weighted by molar-refractivity contribution is 6.10. The average molecular weight is 372 g/mol. The maximum Gasteiger partial charge on any atom is 0.325 e. The fraction of sp³-hybridized carbons (Fsp3) is 0.474. The molecule has 1 heterocycles. The van der Waals surface area contributed by atoms with Crippen molar-refractivity contribution < 1.29 is 19.2 Å². The Bertz CT molecular complexity index is 820. The van der Waals surface area contributed by atoms with E-state index in [1.807, 2.05) is 18.2 Å². The third-order valence-electron chi connectivity index (χ3n) is 4.93. The number of nitrogens with zero attached hydrogens (tertiary/aromatic N) is 1. The fourth-order valence-electron chi connectivity index (χ4n) is 3.53. The van der Waals surface area contributed by atoms with Crippen molar-refractivity contribution in [3.05, 3.63) is 34.9 Å². The number of fused-ring (bicyclic) bond motifs is 1. The molecule has 8 nitrogen and oxygen atoms in total. The Hall–Kier alpha value is -2.90. The molecule has 1 aliphatic carbocycles. The van der Waals surface area contributed by atoms with Crippen LogP contribution in [0.5, 0.6) is 0 Å². The largest absolute Gasteiger partial charge is 0.336 e. The van der Waals surface area contributed by atoms with E-state index in [9.17, 15) is 19.2 Å². The number of urea groups is 2. The molecule has 3 N–H and O–H groups in total. The van der Waals surface area contributed by atoms with Crippen LogP contribution in [0.4, 0.5) is 9.59 Å². The molecule has 0 bridgehead atoms. The third kappa shape index (κ3) is 3.65. The number of hydrogen-bond donors (Lipinski definition) is 3. The van der Waals surface area contributed by atoms with Crippen LogP contribution < -0.4 is 16.0 Å².